The Bertz CT molecular complexity index is 470. The van der Waals surface area contributed by atoms with Gasteiger partial charge in [-0.25, -0.2) is 0 Å². The minimum absolute atomic E-state index is 0.00664. The highest BCUT2D eigenvalue weighted by Crippen LogP contribution is 2.27. The molecule has 0 saturated carbocycles. The van der Waals surface area contributed by atoms with E-state index in [1.165, 1.54) is 4.90 Å². The van der Waals surface area contributed by atoms with Crippen molar-refractivity contribution < 1.29 is 9.59 Å². The van der Waals surface area contributed by atoms with E-state index in [9.17, 15) is 9.59 Å². The third kappa shape index (κ3) is 2.37. The van der Waals surface area contributed by atoms with Crippen LogP contribution in [0, 0.1) is 0 Å². The zero-order valence-electron chi connectivity index (χ0n) is 9.04. The number of amides is 2. The van der Waals surface area contributed by atoms with Crippen LogP contribution in [0.3, 0.4) is 0 Å². The molecule has 1 heterocycles. The Morgan fingerprint density at radius 1 is 1.24 bits per heavy atom. The molecule has 1 aromatic carbocycles. The van der Waals surface area contributed by atoms with Gasteiger partial charge in [-0.3, -0.25) is 14.5 Å². The van der Waals surface area contributed by atoms with E-state index in [4.69, 9.17) is 23.2 Å². The molecule has 17 heavy (non-hydrogen) atoms. The number of anilines is 1. The van der Waals surface area contributed by atoms with E-state index in [-0.39, 0.29) is 18.4 Å². The van der Waals surface area contributed by atoms with Crippen LogP contribution >= 0.6 is 23.2 Å². The molecule has 6 heteroatoms. The van der Waals surface area contributed by atoms with Crippen molar-refractivity contribution in [1.82, 2.24) is 5.32 Å². The second-order valence-corrected chi connectivity index (χ2v) is 4.66. The maximum atomic E-state index is 11.8. The van der Waals surface area contributed by atoms with Gasteiger partial charge in [-0.2, -0.15) is 0 Å². The summed E-state index contributed by atoms with van der Waals surface area (Å²) in [4.78, 5) is 24.7. The molecule has 1 unspecified atom stereocenters. The Morgan fingerprint density at radius 3 is 2.41 bits per heavy atom. The molecule has 1 atom stereocenters. The fraction of sp³-hybridized carbons (Fsp3) is 0.273. The van der Waals surface area contributed by atoms with Crippen molar-refractivity contribution >= 4 is 40.7 Å². The summed E-state index contributed by atoms with van der Waals surface area (Å²) in [7, 11) is 0. The van der Waals surface area contributed by atoms with Gasteiger partial charge < -0.3 is 5.32 Å². The SMILES string of the molecule is CC1C(=O)NCC(=O)N1c1cc(Cl)cc(Cl)c1. The van der Waals surface area contributed by atoms with Crippen LogP contribution in [0.25, 0.3) is 0 Å². The third-order valence-corrected chi connectivity index (χ3v) is 3.01. The van der Waals surface area contributed by atoms with E-state index in [1.807, 2.05) is 0 Å². The minimum Gasteiger partial charge on any atom is -0.345 e. The second kappa shape index (κ2) is 4.55. The first kappa shape index (κ1) is 12.2. The predicted octanol–water partition coefficient (Wildman–Crippen LogP) is 1.84. The molecule has 0 radical (unpaired) electrons. The smallest absolute Gasteiger partial charge is 0.247 e. The molecule has 2 rings (SSSR count). The van der Waals surface area contributed by atoms with Gasteiger partial charge in [-0.15, -0.1) is 0 Å². The van der Waals surface area contributed by atoms with Crippen molar-refractivity contribution in [2.24, 2.45) is 0 Å². The third-order valence-electron chi connectivity index (χ3n) is 2.57. The highest BCUT2D eigenvalue weighted by atomic mass is 35.5. The number of hydrogen-bond acceptors (Lipinski definition) is 2. The van der Waals surface area contributed by atoms with Gasteiger partial charge >= 0.3 is 0 Å². The van der Waals surface area contributed by atoms with Crippen molar-refractivity contribution in [2.75, 3.05) is 11.4 Å². The summed E-state index contributed by atoms with van der Waals surface area (Å²) >= 11 is 11.8. The fourth-order valence-corrected chi connectivity index (χ4v) is 2.29. The van der Waals surface area contributed by atoms with E-state index in [2.05, 4.69) is 5.32 Å². The van der Waals surface area contributed by atoms with Gasteiger partial charge in [-0.05, 0) is 25.1 Å². The first-order valence-electron chi connectivity index (χ1n) is 5.05. The van der Waals surface area contributed by atoms with Gasteiger partial charge in [0.25, 0.3) is 0 Å². The molecule has 1 saturated heterocycles. The first-order chi connectivity index (χ1) is 7.99. The number of carbonyl (C=O) groups is 2. The van der Waals surface area contributed by atoms with Crippen molar-refractivity contribution in [3.63, 3.8) is 0 Å². The lowest BCUT2D eigenvalue weighted by Gasteiger charge is -2.32. The molecular weight excluding hydrogens is 263 g/mol. The zero-order valence-corrected chi connectivity index (χ0v) is 10.5. The van der Waals surface area contributed by atoms with Crippen LogP contribution in [0.4, 0.5) is 5.69 Å². The lowest BCUT2D eigenvalue weighted by atomic mass is 10.1. The van der Waals surface area contributed by atoms with Crippen LogP contribution < -0.4 is 10.2 Å². The number of nitrogens with one attached hydrogen (secondary N) is 1. The fourth-order valence-electron chi connectivity index (χ4n) is 1.77. The Labute approximate surface area is 108 Å². The summed E-state index contributed by atoms with van der Waals surface area (Å²) in [6, 6.07) is 4.23. The van der Waals surface area contributed by atoms with E-state index in [1.54, 1.807) is 25.1 Å². The van der Waals surface area contributed by atoms with Crippen LogP contribution in [0.15, 0.2) is 18.2 Å². The van der Waals surface area contributed by atoms with E-state index in [0.717, 1.165) is 0 Å². The van der Waals surface area contributed by atoms with Crippen LogP contribution in [0.1, 0.15) is 6.92 Å². The van der Waals surface area contributed by atoms with Gasteiger partial charge in [0.15, 0.2) is 0 Å². The summed E-state index contributed by atoms with van der Waals surface area (Å²) in [5.74, 6) is -0.379. The quantitative estimate of drug-likeness (QED) is 0.848. The molecule has 1 fully saturated rings. The van der Waals surface area contributed by atoms with Crippen molar-refractivity contribution in [3.8, 4) is 0 Å². The van der Waals surface area contributed by atoms with Crippen LogP contribution in [-0.4, -0.2) is 24.4 Å². The molecule has 4 nitrogen and oxygen atoms in total. The molecule has 0 aliphatic carbocycles. The zero-order chi connectivity index (χ0) is 12.6. The number of halogens is 2. The topological polar surface area (TPSA) is 49.4 Å². The number of piperazine rings is 1. The summed E-state index contributed by atoms with van der Waals surface area (Å²) in [5.41, 5.74) is 0.537. The average Bonchev–Trinajstić information content (AvgIpc) is 2.23. The molecule has 0 spiro atoms. The lowest BCUT2D eigenvalue weighted by molar-refractivity contribution is -0.130. The summed E-state index contributed by atoms with van der Waals surface area (Å²) in [5, 5.41) is 3.37. The van der Waals surface area contributed by atoms with Crippen molar-refractivity contribution in [1.29, 1.82) is 0 Å². The number of nitrogens with zero attached hydrogens (tertiary/aromatic N) is 1. The molecule has 2 amide bonds. The van der Waals surface area contributed by atoms with Gasteiger partial charge in [-0.1, -0.05) is 23.2 Å². The molecule has 90 valence electrons. The highest BCUT2D eigenvalue weighted by Gasteiger charge is 2.32. The summed E-state index contributed by atoms with van der Waals surface area (Å²) in [6.07, 6.45) is 0. The number of carbonyl (C=O) groups excluding carboxylic acids is 2. The molecule has 1 aliphatic rings. The Kier molecular flexibility index (Phi) is 3.26. The molecule has 0 bridgehead atoms. The minimum atomic E-state index is -0.564. The lowest BCUT2D eigenvalue weighted by Crippen LogP contribution is -2.57. The average molecular weight is 273 g/mol. The van der Waals surface area contributed by atoms with Gasteiger partial charge in [0.1, 0.15) is 6.04 Å². The number of hydrogen-bond donors (Lipinski definition) is 1. The maximum absolute atomic E-state index is 11.8. The van der Waals surface area contributed by atoms with Gasteiger partial charge in [0.2, 0.25) is 11.8 Å². The Balaban J connectivity index is 2.42. The van der Waals surface area contributed by atoms with Crippen LogP contribution in [0.2, 0.25) is 10.0 Å². The predicted molar refractivity (Wildman–Crippen MR) is 66.4 cm³/mol. The van der Waals surface area contributed by atoms with Crippen LogP contribution in [0.5, 0.6) is 0 Å². The van der Waals surface area contributed by atoms with E-state index in [0.29, 0.717) is 15.7 Å². The normalized spacial score (nSPS) is 20.4. The Hall–Kier alpha value is -1.26. The number of rotatable bonds is 1. The first-order valence-corrected chi connectivity index (χ1v) is 5.80. The summed E-state index contributed by atoms with van der Waals surface area (Å²) in [6.45, 7) is 1.65. The van der Waals surface area contributed by atoms with E-state index < -0.39 is 6.04 Å². The largest absolute Gasteiger partial charge is 0.345 e. The van der Waals surface area contributed by atoms with E-state index >= 15 is 0 Å². The standard InChI is InChI=1S/C11H10Cl2N2O2/c1-6-11(17)14-5-10(16)15(6)9-3-7(12)2-8(13)4-9/h2-4,6H,5H2,1H3,(H,14,17). The monoisotopic (exact) mass is 272 g/mol. The second-order valence-electron chi connectivity index (χ2n) is 3.79. The van der Waals surface area contributed by atoms with Crippen molar-refractivity contribution in [2.45, 2.75) is 13.0 Å². The summed E-state index contributed by atoms with van der Waals surface area (Å²) < 4.78 is 0. The molecule has 1 N–H and O–H groups in total. The highest BCUT2D eigenvalue weighted by molar-refractivity contribution is 6.35. The van der Waals surface area contributed by atoms with Crippen molar-refractivity contribution in [3.05, 3.63) is 28.2 Å². The van der Waals surface area contributed by atoms with Crippen LogP contribution in [-0.2, 0) is 9.59 Å². The molecule has 1 aliphatic heterocycles. The molecular formula is C11H10Cl2N2O2. The maximum Gasteiger partial charge on any atom is 0.247 e. The Morgan fingerprint density at radius 2 is 1.82 bits per heavy atom. The van der Waals surface area contributed by atoms with Gasteiger partial charge in [0, 0.05) is 15.7 Å². The number of benzene rings is 1. The molecule has 1 aromatic rings. The van der Waals surface area contributed by atoms with Gasteiger partial charge in [0.05, 0.1) is 6.54 Å². The molecule has 0 aromatic heterocycles.